The first kappa shape index (κ1) is 8.25. The summed E-state index contributed by atoms with van der Waals surface area (Å²) in [4.78, 5) is 17.3. The van der Waals surface area contributed by atoms with Crippen molar-refractivity contribution in [2.75, 3.05) is 0 Å². The molecule has 2 N–H and O–H groups in total. The molecule has 2 aromatic rings. The van der Waals surface area contributed by atoms with Gasteiger partial charge in [-0.1, -0.05) is 0 Å². The zero-order valence-corrected chi connectivity index (χ0v) is 8.00. The van der Waals surface area contributed by atoms with E-state index in [1.807, 2.05) is 0 Å². The van der Waals surface area contributed by atoms with Gasteiger partial charge in [-0.25, -0.2) is 9.78 Å². The number of aromatic carboxylic acids is 1. The predicted molar refractivity (Wildman–Crippen MR) is 50.8 cm³/mol. The fourth-order valence-corrected chi connectivity index (χ4v) is 1.53. The second kappa shape index (κ2) is 2.85. The van der Waals surface area contributed by atoms with Crippen LogP contribution in [0.2, 0.25) is 0 Å². The molecule has 2 heterocycles. The molecule has 2 rings (SSSR count). The fourth-order valence-electron chi connectivity index (χ4n) is 1.11. The van der Waals surface area contributed by atoms with Gasteiger partial charge >= 0.3 is 5.97 Å². The molecule has 4 nitrogen and oxygen atoms in total. The molecule has 0 atom stereocenters. The van der Waals surface area contributed by atoms with Gasteiger partial charge in [0.2, 0.25) is 0 Å². The van der Waals surface area contributed by atoms with Crippen molar-refractivity contribution in [1.82, 2.24) is 9.97 Å². The van der Waals surface area contributed by atoms with Crippen molar-refractivity contribution < 1.29 is 9.90 Å². The van der Waals surface area contributed by atoms with Gasteiger partial charge in [-0.2, -0.15) is 0 Å². The average Bonchev–Trinajstić information content (AvgIpc) is 2.49. The van der Waals surface area contributed by atoms with Crippen molar-refractivity contribution in [3.63, 3.8) is 0 Å². The van der Waals surface area contributed by atoms with Crippen LogP contribution in [0.5, 0.6) is 0 Å². The standard InChI is InChI=1S/C8H5BrN2O2/c9-5-1-2-10-7-4(5)3-6(11-7)8(12)13/h1-3H,(H,10,11)(H,12,13). The molecule has 0 amide bonds. The van der Waals surface area contributed by atoms with Crippen LogP contribution in [0.15, 0.2) is 22.8 Å². The topological polar surface area (TPSA) is 66.0 Å². The van der Waals surface area contributed by atoms with Gasteiger partial charge < -0.3 is 10.1 Å². The zero-order valence-electron chi connectivity index (χ0n) is 6.41. The van der Waals surface area contributed by atoms with Crippen molar-refractivity contribution in [3.05, 3.63) is 28.5 Å². The van der Waals surface area contributed by atoms with E-state index in [-0.39, 0.29) is 5.69 Å². The molecule has 0 unspecified atom stereocenters. The Bertz CT molecular complexity index is 478. The summed E-state index contributed by atoms with van der Waals surface area (Å²) in [6, 6.07) is 3.32. The highest BCUT2D eigenvalue weighted by Gasteiger charge is 2.09. The van der Waals surface area contributed by atoms with Gasteiger partial charge in [0.1, 0.15) is 11.3 Å². The van der Waals surface area contributed by atoms with Crippen LogP contribution in [0.3, 0.4) is 0 Å². The third kappa shape index (κ3) is 1.31. The Morgan fingerprint density at radius 1 is 1.62 bits per heavy atom. The lowest BCUT2D eigenvalue weighted by molar-refractivity contribution is 0.0691. The highest BCUT2D eigenvalue weighted by molar-refractivity contribution is 9.10. The van der Waals surface area contributed by atoms with Crippen LogP contribution in [0, 0.1) is 0 Å². The molecular formula is C8H5BrN2O2. The average molecular weight is 241 g/mol. The maximum atomic E-state index is 10.6. The lowest BCUT2D eigenvalue weighted by Crippen LogP contribution is -1.94. The molecule has 13 heavy (non-hydrogen) atoms. The maximum absolute atomic E-state index is 10.6. The molecule has 0 aliphatic heterocycles. The fraction of sp³-hybridized carbons (Fsp3) is 0. The van der Waals surface area contributed by atoms with Gasteiger partial charge in [0, 0.05) is 16.1 Å². The van der Waals surface area contributed by atoms with Gasteiger partial charge in [0.25, 0.3) is 0 Å². The highest BCUT2D eigenvalue weighted by atomic mass is 79.9. The maximum Gasteiger partial charge on any atom is 0.352 e. The third-order valence-corrected chi connectivity index (χ3v) is 2.40. The molecule has 66 valence electrons. The van der Waals surface area contributed by atoms with E-state index in [1.54, 1.807) is 18.3 Å². The minimum absolute atomic E-state index is 0.148. The van der Waals surface area contributed by atoms with E-state index >= 15 is 0 Å². The Morgan fingerprint density at radius 2 is 2.38 bits per heavy atom. The Balaban J connectivity index is 2.75. The van der Waals surface area contributed by atoms with E-state index in [4.69, 9.17) is 5.11 Å². The first-order valence-electron chi connectivity index (χ1n) is 3.55. The number of nitrogens with zero attached hydrogens (tertiary/aromatic N) is 1. The van der Waals surface area contributed by atoms with Gasteiger partial charge in [0.05, 0.1) is 0 Å². The van der Waals surface area contributed by atoms with Crippen molar-refractivity contribution in [2.45, 2.75) is 0 Å². The number of H-pyrrole nitrogens is 1. The largest absolute Gasteiger partial charge is 0.477 e. The smallest absolute Gasteiger partial charge is 0.352 e. The predicted octanol–water partition coefficient (Wildman–Crippen LogP) is 2.02. The number of nitrogens with one attached hydrogen (secondary N) is 1. The van der Waals surface area contributed by atoms with Crippen molar-refractivity contribution in [3.8, 4) is 0 Å². The Labute approximate surface area is 81.7 Å². The summed E-state index contributed by atoms with van der Waals surface area (Å²) in [5.74, 6) is -0.982. The molecule has 0 bridgehead atoms. The minimum Gasteiger partial charge on any atom is -0.477 e. The van der Waals surface area contributed by atoms with Crippen LogP contribution < -0.4 is 0 Å². The number of aromatic nitrogens is 2. The van der Waals surface area contributed by atoms with Crippen LogP contribution >= 0.6 is 15.9 Å². The van der Waals surface area contributed by atoms with Gasteiger partial charge in [-0.3, -0.25) is 0 Å². The molecule has 0 saturated carbocycles. The number of carboxylic acid groups (broad SMARTS) is 1. The van der Waals surface area contributed by atoms with Crippen molar-refractivity contribution in [2.24, 2.45) is 0 Å². The van der Waals surface area contributed by atoms with Crippen molar-refractivity contribution in [1.29, 1.82) is 0 Å². The number of aromatic amines is 1. The molecule has 0 aromatic carbocycles. The van der Waals surface area contributed by atoms with E-state index in [0.717, 1.165) is 9.86 Å². The van der Waals surface area contributed by atoms with E-state index in [2.05, 4.69) is 25.9 Å². The summed E-state index contributed by atoms with van der Waals surface area (Å²) >= 11 is 3.31. The molecule has 0 aliphatic carbocycles. The molecule has 0 spiro atoms. The summed E-state index contributed by atoms with van der Waals surface area (Å²) < 4.78 is 0.834. The second-order valence-corrected chi connectivity index (χ2v) is 3.40. The Morgan fingerprint density at radius 3 is 3.00 bits per heavy atom. The summed E-state index contributed by atoms with van der Waals surface area (Å²) in [5.41, 5.74) is 0.723. The lowest BCUT2D eigenvalue weighted by atomic mass is 10.3. The van der Waals surface area contributed by atoms with E-state index < -0.39 is 5.97 Å². The Kier molecular flexibility index (Phi) is 1.81. The normalized spacial score (nSPS) is 10.5. The number of hydrogen-bond acceptors (Lipinski definition) is 2. The minimum atomic E-state index is -0.982. The van der Waals surface area contributed by atoms with Crippen LogP contribution in [0.25, 0.3) is 11.0 Å². The van der Waals surface area contributed by atoms with E-state index in [9.17, 15) is 4.79 Å². The van der Waals surface area contributed by atoms with Crippen molar-refractivity contribution >= 4 is 32.9 Å². The number of rotatable bonds is 1. The van der Waals surface area contributed by atoms with Crippen LogP contribution in [-0.4, -0.2) is 21.0 Å². The summed E-state index contributed by atoms with van der Waals surface area (Å²) in [6.45, 7) is 0. The molecule has 0 aliphatic rings. The second-order valence-electron chi connectivity index (χ2n) is 2.54. The quantitative estimate of drug-likeness (QED) is 0.802. The summed E-state index contributed by atoms with van der Waals surface area (Å²) in [5, 5.41) is 9.48. The number of carboxylic acids is 1. The van der Waals surface area contributed by atoms with Crippen LogP contribution in [-0.2, 0) is 0 Å². The van der Waals surface area contributed by atoms with Gasteiger partial charge in [-0.05, 0) is 28.1 Å². The van der Waals surface area contributed by atoms with Gasteiger partial charge in [-0.15, -0.1) is 0 Å². The number of carbonyl (C=O) groups is 1. The molecule has 0 saturated heterocycles. The van der Waals surface area contributed by atoms with E-state index in [1.165, 1.54) is 0 Å². The molecule has 0 fully saturated rings. The van der Waals surface area contributed by atoms with Crippen LogP contribution in [0.4, 0.5) is 0 Å². The number of fused-ring (bicyclic) bond motifs is 1. The monoisotopic (exact) mass is 240 g/mol. The lowest BCUT2D eigenvalue weighted by Gasteiger charge is -1.89. The van der Waals surface area contributed by atoms with Crippen LogP contribution in [0.1, 0.15) is 10.5 Å². The molecule has 0 radical (unpaired) electrons. The highest BCUT2D eigenvalue weighted by Crippen LogP contribution is 2.22. The van der Waals surface area contributed by atoms with Gasteiger partial charge in [0.15, 0.2) is 0 Å². The first-order chi connectivity index (χ1) is 6.18. The number of pyridine rings is 1. The molecule has 5 heteroatoms. The SMILES string of the molecule is O=C(O)c1cc2c(Br)ccnc2[nH]1. The third-order valence-electron chi connectivity index (χ3n) is 1.71. The Hall–Kier alpha value is -1.36. The number of hydrogen-bond donors (Lipinski definition) is 2. The first-order valence-corrected chi connectivity index (χ1v) is 4.34. The van der Waals surface area contributed by atoms with E-state index in [0.29, 0.717) is 5.65 Å². The molecular weight excluding hydrogens is 236 g/mol. The summed E-state index contributed by atoms with van der Waals surface area (Å²) in [7, 11) is 0. The zero-order chi connectivity index (χ0) is 9.42. The summed E-state index contributed by atoms with van der Waals surface area (Å²) in [6.07, 6.45) is 1.61. The molecule has 2 aromatic heterocycles. The number of halogens is 1.